The fourth-order valence-corrected chi connectivity index (χ4v) is 8.93. The van der Waals surface area contributed by atoms with Crippen molar-refractivity contribution in [2.24, 2.45) is 11.3 Å². The van der Waals surface area contributed by atoms with Gasteiger partial charge in [-0.1, -0.05) is 57.2 Å². The third-order valence-electron chi connectivity index (χ3n) is 11.3. The molecule has 1 saturated heterocycles. The number of carbonyl (C=O) groups excluding carboxylic acids is 4. The Labute approximate surface area is 355 Å². The number of amides is 4. The molecule has 322 valence electrons. The van der Waals surface area contributed by atoms with E-state index in [1.807, 2.05) is 42.5 Å². The third kappa shape index (κ3) is 9.43. The molecule has 16 heteroatoms. The van der Waals surface area contributed by atoms with E-state index in [1.54, 1.807) is 64.3 Å². The first-order chi connectivity index (χ1) is 29.0. The average Bonchev–Trinajstić information content (AvgIpc) is 4.18. The molecule has 61 heavy (non-hydrogen) atoms. The monoisotopic (exact) mass is 853 g/mol. The SMILES string of the molecule is C=C[C@@H]1C[C@]1(NC(=O)[C@@H]1C[C@@H](Oc2cc(-c3ccccc3)nc3cc(OC)ccc23)CN1C(=O)[C@@H](NC(=O)COc1ccc(OC)cc1)C(C)(C)C)C(=O)NS(=O)(=O)C1CC1. The number of nitrogens with one attached hydrogen (secondary N) is 3. The highest BCUT2D eigenvalue weighted by molar-refractivity contribution is 7.91. The summed E-state index contributed by atoms with van der Waals surface area (Å²) in [7, 11) is -0.830. The zero-order valence-corrected chi connectivity index (χ0v) is 35.6. The van der Waals surface area contributed by atoms with Crippen LogP contribution in [0.25, 0.3) is 22.2 Å². The van der Waals surface area contributed by atoms with Gasteiger partial charge in [-0.2, -0.15) is 0 Å². The summed E-state index contributed by atoms with van der Waals surface area (Å²) in [6.45, 7) is 8.72. The Morgan fingerprint density at radius 1 is 0.951 bits per heavy atom. The molecule has 15 nitrogen and oxygen atoms in total. The number of rotatable bonds is 16. The van der Waals surface area contributed by atoms with Crippen LogP contribution in [0.4, 0.5) is 0 Å². The molecule has 0 bridgehead atoms. The number of aromatic nitrogens is 1. The zero-order valence-electron chi connectivity index (χ0n) is 34.8. The van der Waals surface area contributed by atoms with Crippen LogP contribution in [0.5, 0.6) is 23.0 Å². The second-order valence-corrected chi connectivity index (χ2v) is 18.7. The van der Waals surface area contributed by atoms with Gasteiger partial charge in [0.25, 0.3) is 11.8 Å². The van der Waals surface area contributed by atoms with Crippen LogP contribution >= 0.6 is 0 Å². The Morgan fingerprint density at radius 3 is 2.25 bits per heavy atom. The van der Waals surface area contributed by atoms with Crippen molar-refractivity contribution in [3.8, 4) is 34.3 Å². The van der Waals surface area contributed by atoms with E-state index < -0.39 is 80.6 Å². The predicted octanol–water partition coefficient (Wildman–Crippen LogP) is 4.55. The highest BCUT2D eigenvalue weighted by Crippen LogP contribution is 2.46. The summed E-state index contributed by atoms with van der Waals surface area (Å²) >= 11 is 0. The summed E-state index contributed by atoms with van der Waals surface area (Å²) in [5, 5.41) is 5.66. The molecule has 4 amide bonds. The van der Waals surface area contributed by atoms with E-state index in [4.69, 9.17) is 23.9 Å². The van der Waals surface area contributed by atoms with E-state index in [0.717, 1.165) is 5.56 Å². The summed E-state index contributed by atoms with van der Waals surface area (Å²) in [6, 6.07) is 21.1. The van der Waals surface area contributed by atoms with Crippen LogP contribution in [0, 0.1) is 11.3 Å². The smallest absolute Gasteiger partial charge is 0.259 e. The normalized spacial score (nSPS) is 21.5. The molecule has 2 saturated carbocycles. The number of hydrogen-bond acceptors (Lipinski definition) is 11. The van der Waals surface area contributed by atoms with Crippen molar-refractivity contribution >= 4 is 44.6 Å². The van der Waals surface area contributed by atoms with Gasteiger partial charge >= 0.3 is 0 Å². The first-order valence-corrected chi connectivity index (χ1v) is 21.7. The van der Waals surface area contributed by atoms with Crippen LogP contribution in [-0.4, -0.2) is 98.3 Å². The quantitative estimate of drug-likeness (QED) is 0.134. The van der Waals surface area contributed by atoms with Crippen LogP contribution in [0.15, 0.2) is 91.5 Å². The van der Waals surface area contributed by atoms with Crippen molar-refractivity contribution in [2.75, 3.05) is 27.4 Å². The Kier molecular flexibility index (Phi) is 12.0. The van der Waals surface area contributed by atoms with Crippen LogP contribution in [0.1, 0.15) is 46.5 Å². The minimum Gasteiger partial charge on any atom is -0.497 e. The molecule has 3 N–H and O–H groups in total. The van der Waals surface area contributed by atoms with Crippen molar-refractivity contribution < 1.29 is 46.5 Å². The van der Waals surface area contributed by atoms with Crippen molar-refractivity contribution in [1.29, 1.82) is 0 Å². The summed E-state index contributed by atoms with van der Waals surface area (Å²) in [6.07, 6.45) is 1.76. The average molecular weight is 854 g/mol. The predicted molar refractivity (Wildman–Crippen MR) is 227 cm³/mol. The van der Waals surface area contributed by atoms with E-state index in [-0.39, 0.29) is 19.4 Å². The lowest BCUT2D eigenvalue weighted by atomic mass is 9.85. The minimum absolute atomic E-state index is 0.000429. The largest absolute Gasteiger partial charge is 0.497 e. The Bertz CT molecular complexity index is 2440. The number of hydrogen-bond donors (Lipinski definition) is 3. The minimum atomic E-state index is -3.93. The lowest BCUT2D eigenvalue weighted by molar-refractivity contribution is -0.144. The molecule has 3 aliphatic rings. The Hall–Kier alpha value is -6.16. The number of benzene rings is 3. The highest BCUT2D eigenvalue weighted by Gasteiger charge is 2.62. The molecule has 7 rings (SSSR count). The number of carbonyl (C=O) groups is 4. The van der Waals surface area contributed by atoms with Crippen molar-refractivity contribution in [2.45, 2.75) is 75.4 Å². The molecule has 2 heterocycles. The second kappa shape index (κ2) is 17.1. The topological polar surface area (TPSA) is 192 Å². The maximum atomic E-state index is 14.8. The second-order valence-electron chi connectivity index (χ2n) is 16.7. The van der Waals surface area contributed by atoms with Gasteiger partial charge in [0.2, 0.25) is 21.8 Å². The summed E-state index contributed by atoms with van der Waals surface area (Å²) in [5.41, 5.74) is -0.370. The summed E-state index contributed by atoms with van der Waals surface area (Å²) < 4.78 is 50.9. The van der Waals surface area contributed by atoms with E-state index in [2.05, 4.69) is 21.9 Å². The van der Waals surface area contributed by atoms with Gasteiger partial charge in [0.05, 0.1) is 37.2 Å². The molecular formula is C45H51N5O10S. The van der Waals surface area contributed by atoms with Crippen LogP contribution in [-0.2, 0) is 29.2 Å². The lowest BCUT2D eigenvalue weighted by Crippen LogP contribution is -2.60. The van der Waals surface area contributed by atoms with Gasteiger partial charge in [-0.3, -0.25) is 23.9 Å². The number of sulfonamides is 1. The van der Waals surface area contributed by atoms with Crippen LogP contribution in [0.2, 0.25) is 0 Å². The van der Waals surface area contributed by atoms with Gasteiger partial charge in [0.15, 0.2) is 6.61 Å². The molecule has 4 aromatic rings. The number of fused-ring (bicyclic) bond motifs is 1. The number of methoxy groups -OCH3 is 2. The molecular weight excluding hydrogens is 803 g/mol. The summed E-state index contributed by atoms with van der Waals surface area (Å²) in [4.78, 5) is 62.7. The maximum absolute atomic E-state index is 14.8. The third-order valence-corrected chi connectivity index (χ3v) is 13.1. The molecule has 3 aromatic carbocycles. The standard InChI is InChI=1S/C45H51N5O10S/c1-7-28-24-45(28,43(54)49-61(55,56)33-18-19-33)48-41(52)37-22-32(60-38-23-35(27-11-9-8-10-12-27)46-36-21-31(58-6)17-20-34(36)38)25-50(37)42(53)40(44(2,3)4)47-39(51)26-59-30-15-13-29(57-5)14-16-30/h7-17,20-21,23,28,32-33,37,40H,1,18-19,22,24-26H2,2-6H3,(H,47,51)(H,48,52)(H,49,54)/t28-,32-,37+,40-,45-/m1/s1. The van der Waals surface area contributed by atoms with Gasteiger partial charge in [0, 0.05) is 35.4 Å². The fourth-order valence-electron chi connectivity index (χ4n) is 7.57. The molecule has 3 fully saturated rings. The van der Waals surface area contributed by atoms with Crippen molar-refractivity contribution in [1.82, 2.24) is 25.2 Å². The molecule has 5 atom stereocenters. The Balaban J connectivity index is 1.19. The molecule has 2 aliphatic carbocycles. The lowest BCUT2D eigenvalue weighted by Gasteiger charge is -2.35. The fraction of sp³-hybridized carbons (Fsp3) is 0.400. The number of ether oxygens (including phenoxy) is 4. The molecule has 0 radical (unpaired) electrons. The zero-order chi connectivity index (χ0) is 43.7. The van der Waals surface area contributed by atoms with E-state index in [1.165, 1.54) is 18.1 Å². The first kappa shape index (κ1) is 42.9. The van der Waals surface area contributed by atoms with Crippen molar-refractivity contribution in [3.63, 3.8) is 0 Å². The Morgan fingerprint density at radius 2 is 1.62 bits per heavy atom. The van der Waals surface area contributed by atoms with Crippen LogP contribution < -0.4 is 34.3 Å². The maximum Gasteiger partial charge on any atom is 0.259 e. The van der Waals surface area contributed by atoms with Gasteiger partial charge in [0.1, 0.15) is 46.7 Å². The molecule has 1 aliphatic heterocycles. The number of nitrogens with zero attached hydrogens (tertiary/aromatic N) is 2. The van der Waals surface area contributed by atoms with E-state index >= 15 is 0 Å². The molecule has 0 unspecified atom stereocenters. The van der Waals surface area contributed by atoms with Gasteiger partial charge in [-0.05, 0) is 61.1 Å². The van der Waals surface area contributed by atoms with Crippen molar-refractivity contribution in [3.05, 3.63) is 91.5 Å². The molecule has 0 spiro atoms. The summed E-state index contributed by atoms with van der Waals surface area (Å²) in [5.74, 6) is -1.12. The van der Waals surface area contributed by atoms with E-state index in [9.17, 15) is 27.6 Å². The first-order valence-electron chi connectivity index (χ1n) is 20.1. The highest BCUT2D eigenvalue weighted by atomic mass is 32.2. The van der Waals surface area contributed by atoms with E-state index in [0.29, 0.717) is 52.4 Å². The number of likely N-dealkylation sites (tertiary alicyclic amines) is 1. The number of pyridine rings is 1. The van der Waals surface area contributed by atoms with Gasteiger partial charge in [-0.15, -0.1) is 6.58 Å². The van der Waals surface area contributed by atoms with Gasteiger partial charge in [-0.25, -0.2) is 13.4 Å². The molecule has 1 aromatic heterocycles. The van der Waals surface area contributed by atoms with Crippen LogP contribution in [0.3, 0.4) is 0 Å². The van der Waals surface area contributed by atoms with Gasteiger partial charge < -0.3 is 34.5 Å².